The minimum absolute atomic E-state index is 0.0636. The average molecular weight is 292 g/mol. The molecule has 0 spiro atoms. The van der Waals surface area contributed by atoms with Crippen LogP contribution in [0, 0.1) is 0 Å². The molecule has 3 N–H and O–H groups in total. The molecule has 0 aromatic heterocycles. The fourth-order valence-corrected chi connectivity index (χ4v) is 3.49. The quantitative estimate of drug-likeness (QED) is 0.599. The Kier molecular flexibility index (Phi) is 5.76. The van der Waals surface area contributed by atoms with Crippen LogP contribution in [-0.4, -0.2) is 25.4 Å². The highest BCUT2D eigenvalue weighted by molar-refractivity contribution is 5.31. The van der Waals surface area contributed by atoms with E-state index in [4.69, 9.17) is 15.3 Å². The summed E-state index contributed by atoms with van der Waals surface area (Å²) in [6.07, 6.45) is 3.74. The topological polar surface area (TPSA) is 56.5 Å². The minimum atomic E-state index is -0.246. The van der Waals surface area contributed by atoms with Crippen molar-refractivity contribution >= 4 is 0 Å². The second-order valence-corrected chi connectivity index (χ2v) is 5.74. The third-order valence-electron chi connectivity index (χ3n) is 4.98. The molecule has 0 fully saturated rings. The smallest absolute Gasteiger partial charge is 0.0844 e. The molecule has 1 heterocycles. The molecule has 4 nitrogen and oxygen atoms in total. The van der Waals surface area contributed by atoms with Gasteiger partial charge in [0.05, 0.1) is 24.4 Å². The molecule has 0 radical (unpaired) electrons. The van der Waals surface area contributed by atoms with E-state index in [1.54, 1.807) is 7.11 Å². The molecule has 1 aliphatic heterocycles. The summed E-state index contributed by atoms with van der Waals surface area (Å²) in [5.74, 6) is 5.84. The van der Waals surface area contributed by atoms with Gasteiger partial charge in [-0.15, -0.1) is 0 Å². The predicted octanol–water partition coefficient (Wildman–Crippen LogP) is 2.73. The molecule has 118 valence electrons. The fraction of sp³-hybridized carbons (Fsp3) is 0.647. The van der Waals surface area contributed by atoms with Gasteiger partial charge in [0, 0.05) is 7.11 Å². The first-order valence-corrected chi connectivity index (χ1v) is 7.91. The number of nitrogens with two attached hydrogens (primary N) is 1. The van der Waals surface area contributed by atoms with Gasteiger partial charge in [-0.05, 0) is 36.8 Å². The van der Waals surface area contributed by atoms with Crippen LogP contribution < -0.4 is 11.3 Å². The number of hydrazine groups is 1. The molecule has 4 heteroatoms. The zero-order valence-electron chi connectivity index (χ0n) is 13.4. The van der Waals surface area contributed by atoms with Crippen LogP contribution in [0.25, 0.3) is 0 Å². The van der Waals surface area contributed by atoms with Crippen LogP contribution in [0.1, 0.15) is 50.3 Å². The van der Waals surface area contributed by atoms with E-state index in [9.17, 15) is 0 Å². The van der Waals surface area contributed by atoms with Gasteiger partial charge in [0.2, 0.25) is 0 Å². The first-order valence-electron chi connectivity index (χ1n) is 7.91. The molecule has 21 heavy (non-hydrogen) atoms. The largest absolute Gasteiger partial charge is 0.377 e. The summed E-state index contributed by atoms with van der Waals surface area (Å²) < 4.78 is 11.8. The summed E-state index contributed by atoms with van der Waals surface area (Å²) >= 11 is 0. The fourth-order valence-electron chi connectivity index (χ4n) is 3.49. The van der Waals surface area contributed by atoms with Gasteiger partial charge in [-0.2, -0.15) is 0 Å². The molecule has 0 saturated heterocycles. The molecular weight excluding hydrogens is 264 g/mol. The molecular formula is C17H28N2O2. The Morgan fingerprint density at radius 2 is 2.10 bits per heavy atom. The van der Waals surface area contributed by atoms with Crippen LogP contribution in [0.4, 0.5) is 0 Å². The van der Waals surface area contributed by atoms with Gasteiger partial charge in [0.15, 0.2) is 0 Å². The van der Waals surface area contributed by atoms with Crippen molar-refractivity contribution in [1.29, 1.82) is 0 Å². The molecule has 1 aromatic rings. The van der Waals surface area contributed by atoms with Crippen molar-refractivity contribution in [3.8, 4) is 0 Å². The second-order valence-electron chi connectivity index (χ2n) is 5.74. The van der Waals surface area contributed by atoms with Gasteiger partial charge in [-0.25, -0.2) is 0 Å². The van der Waals surface area contributed by atoms with Crippen LogP contribution in [0.15, 0.2) is 24.3 Å². The van der Waals surface area contributed by atoms with Gasteiger partial charge in [-0.1, -0.05) is 38.1 Å². The molecule has 2 atom stereocenters. The van der Waals surface area contributed by atoms with E-state index in [1.165, 1.54) is 11.1 Å². The van der Waals surface area contributed by atoms with E-state index in [-0.39, 0.29) is 17.7 Å². The van der Waals surface area contributed by atoms with E-state index >= 15 is 0 Å². The SMILES string of the molecule is CCC(CC)(OC)C(CC1OCCc2ccccc21)NN. The van der Waals surface area contributed by atoms with Crippen molar-refractivity contribution in [1.82, 2.24) is 5.43 Å². The summed E-state index contributed by atoms with van der Waals surface area (Å²) in [6.45, 7) is 5.07. The number of hydrogen-bond donors (Lipinski definition) is 2. The summed E-state index contributed by atoms with van der Waals surface area (Å²) in [5.41, 5.74) is 5.41. The van der Waals surface area contributed by atoms with Gasteiger partial charge in [0.1, 0.15) is 0 Å². The van der Waals surface area contributed by atoms with Crippen molar-refractivity contribution in [2.24, 2.45) is 5.84 Å². The van der Waals surface area contributed by atoms with E-state index in [1.807, 2.05) is 0 Å². The average Bonchev–Trinajstić information content (AvgIpc) is 2.56. The normalized spacial score (nSPS) is 20.1. The van der Waals surface area contributed by atoms with E-state index < -0.39 is 0 Å². The Morgan fingerprint density at radius 3 is 2.71 bits per heavy atom. The van der Waals surface area contributed by atoms with Crippen LogP contribution >= 0.6 is 0 Å². The highest BCUT2D eigenvalue weighted by Crippen LogP contribution is 2.35. The van der Waals surface area contributed by atoms with Crippen LogP contribution in [0.5, 0.6) is 0 Å². The molecule has 0 bridgehead atoms. The standard InChI is InChI=1S/C17H28N2O2/c1-4-17(5-2,20-3)16(19-18)12-15-14-9-7-6-8-13(14)10-11-21-15/h6-9,15-16,19H,4-5,10-12,18H2,1-3H3. The monoisotopic (exact) mass is 292 g/mol. The Hall–Kier alpha value is -0.940. The Labute approximate surface area is 128 Å². The molecule has 2 rings (SSSR count). The van der Waals surface area contributed by atoms with Crippen molar-refractivity contribution in [3.63, 3.8) is 0 Å². The van der Waals surface area contributed by atoms with Crippen molar-refractivity contribution in [2.45, 2.75) is 57.3 Å². The zero-order chi connectivity index (χ0) is 15.3. The van der Waals surface area contributed by atoms with Crippen molar-refractivity contribution in [3.05, 3.63) is 35.4 Å². The highest BCUT2D eigenvalue weighted by atomic mass is 16.5. The second kappa shape index (κ2) is 7.36. The third-order valence-corrected chi connectivity index (χ3v) is 4.98. The lowest BCUT2D eigenvalue weighted by Crippen LogP contribution is -2.54. The lowest BCUT2D eigenvalue weighted by atomic mass is 9.83. The lowest BCUT2D eigenvalue weighted by Gasteiger charge is -2.40. The molecule has 1 aromatic carbocycles. The number of benzene rings is 1. The van der Waals surface area contributed by atoms with E-state index in [0.717, 1.165) is 32.3 Å². The molecule has 0 saturated carbocycles. The predicted molar refractivity (Wildman–Crippen MR) is 84.9 cm³/mol. The maximum absolute atomic E-state index is 6.01. The minimum Gasteiger partial charge on any atom is -0.377 e. The number of methoxy groups -OCH3 is 1. The summed E-state index contributed by atoms with van der Waals surface area (Å²) in [4.78, 5) is 0. The van der Waals surface area contributed by atoms with Crippen LogP contribution in [0.3, 0.4) is 0 Å². The number of ether oxygens (including phenoxy) is 2. The first-order chi connectivity index (χ1) is 10.2. The summed E-state index contributed by atoms with van der Waals surface area (Å²) in [7, 11) is 1.77. The summed E-state index contributed by atoms with van der Waals surface area (Å²) in [5, 5.41) is 0. The number of fused-ring (bicyclic) bond motifs is 1. The third kappa shape index (κ3) is 3.29. The summed E-state index contributed by atoms with van der Waals surface area (Å²) in [6, 6.07) is 8.60. The molecule has 0 aliphatic carbocycles. The Bertz CT molecular complexity index is 438. The van der Waals surface area contributed by atoms with Gasteiger partial charge < -0.3 is 9.47 Å². The maximum atomic E-state index is 6.01. The number of rotatable bonds is 7. The Balaban J connectivity index is 2.20. The first kappa shape index (κ1) is 16.4. The van der Waals surface area contributed by atoms with Crippen LogP contribution in [0.2, 0.25) is 0 Å². The molecule has 2 unspecified atom stereocenters. The number of hydrogen-bond acceptors (Lipinski definition) is 4. The zero-order valence-corrected chi connectivity index (χ0v) is 13.4. The lowest BCUT2D eigenvalue weighted by molar-refractivity contribution is -0.0678. The van der Waals surface area contributed by atoms with Crippen molar-refractivity contribution < 1.29 is 9.47 Å². The highest BCUT2D eigenvalue weighted by Gasteiger charge is 2.38. The maximum Gasteiger partial charge on any atom is 0.0844 e. The van der Waals surface area contributed by atoms with Gasteiger partial charge in [0.25, 0.3) is 0 Å². The van der Waals surface area contributed by atoms with Crippen LogP contribution in [-0.2, 0) is 15.9 Å². The number of nitrogens with one attached hydrogen (secondary N) is 1. The Morgan fingerprint density at radius 1 is 1.38 bits per heavy atom. The van der Waals surface area contributed by atoms with E-state index in [0.29, 0.717) is 0 Å². The van der Waals surface area contributed by atoms with Gasteiger partial charge >= 0.3 is 0 Å². The molecule has 1 aliphatic rings. The van der Waals surface area contributed by atoms with Gasteiger partial charge in [-0.3, -0.25) is 11.3 Å². The molecule has 0 amide bonds. The van der Waals surface area contributed by atoms with E-state index in [2.05, 4.69) is 43.5 Å². The van der Waals surface area contributed by atoms with Crippen molar-refractivity contribution in [2.75, 3.05) is 13.7 Å².